The smallest absolute Gasteiger partial charge is 0.163 e. The van der Waals surface area contributed by atoms with Gasteiger partial charge in [-0.25, -0.2) is 0 Å². The number of nitrogens with two attached hydrogens (primary N) is 1. The quantitative estimate of drug-likeness (QED) is 0.645. The van der Waals surface area contributed by atoms with Crippen LogP contribution in [0.4, 0.5) is 0 Å². The molecule has 0 aromatic heterocycles. The molecule has 1 rings (SSSR count). The van der Waals surface area contributed by atoms with E-state index in [4.69, 9.17) is 15.2 Å². The van der Waals surface area contributed by atoms with Crippen molar-refractivity contribution in [3.63, 3.8) is 0 Å². The minimum Gasteiger partial charge on any atom is -0.344 e. The molecule has 1 fully saturated rings. The molecule has 70 valence electrons. The molecule has 0 aromatic carbocycles. The SMILES string of the molecule is C=CCC1OC(C)(C)OC1CN. The molecule has 1 aliphatic rings. The van der Waals surface area contributed by atoms with Crippen molar-refractivity contribution in [2.24, 2.45) is 5.73 Å². The highest BCUT2D eigenvalue weighted by molar-refractivity contribution is 4.86. The van der Waals surface area contributed by atoms with Crippen molar-refractivity contribution in [1.29, 1.82) is 0 Å². The Bertz CT molecular complexity index is 168. The Morgan fingerprint density at radius 1 is 1.42 bits per heavy atom. The normalized spacial score (nSPS) is 33.6. The first-order valence-corrected chi connectivity index (χ1v) is 4.25. The van der Waals surface area contributed by atoms with Crippen LogP contribution in [0.25, 0.3) is 0 Å². The highest BCUT2D eigenvalue weighted by Crippen LogP contribution is 2.29. The van der Waals surface area contributed by atoms with Crippen LogP contribution in [0.1, 0.15) is 20.3 Å². The van der Waals surface area contributed by atoms with Gasteiger partial charge in [0.2, 0.25) is 0 Å². The van der Waals surface area contributed by atoms with Gasteiger partial charge in [-0.05, 0) is 20.3 Å². The van der Waals surface area contributed by atoms with Gasteiger partial charge >= 0.3 is 0 Å². The maximum Gasteiger partial charge on any atom is 0.163 e. The van der Waals surface area contributed by atoms with Crippen molar-refractivity contribution in [3.05, 3.63) is 12.7 Å². The average molecular weight is 171 g/mol. The van der Waals surface area contributed by atoms with E-state index < -0.39 is 5.79 Å². The highest BCUT2D eigenvalue weighted by Gasteiger charge is 2.39. The molecule has 0 aromatic rings. The summed E-state index contributed by atoms with van der Waals surface area (Å²) in [5.41, 5.74) is 5.54. The molecule has 0 amide bonds. The molecule has 0 aliphatic carbocycles. The van der Waals surface area contributed by atoms with Crippen LogP contribution in [0, 0.1) is 0 Å². The van der Waals surface area contributed by atoms with Crippen molar-refractivity contribution >= 4 is 0 Å². The van der Waals surface area contributed by atoms with Crippen molar-refractivity contribution in [1.82, 2.24) is 0 Å². The molecule has 2 unspecified atom stereocenters. The number of ether oxygens (including phenoxy) is 2. The lowest BCUT2D eigenvalue weighted by Gasteiger charge is -2.16. The molecule has 3 nitrogen and oxygen atoms in total. The molecule has 0 saturated carbocycles. The van der Waals surface area contributed by atoms with E-state index in [0.29, 0.717) is 6.54 Å². The largest absolute Gasteiger partial charge is 0.344 e. The van der Waals surface area contributed by atoms with Crippen LogP contribution in [0.5, 0.6) is 0 Å². The van der Waals surface area contributed by atoms with Gasteiger partial charge in [-0.15, -0.1) is 6.58 Å². The molecule has 1 heterocycles. The molecule has 2 atom stereocenters. The maximum absolute atomic E-state index is 5.62. The van der Waals surface area contributed by atoms with Gasteiger partial charge < -0.3 is 15.2 Å². The second kappa shape index (κ2) is 3.56. The van der Waals surface area contributed by atoms with Crippen LogP contribution in [-0.2, 0) is 9.47 Å². The van der Waals surface area contributed by atoms with E-state index in [9.17, 15) is 0 Å². The highest BCUT2D eigenvalue weighted by atomic mass is 16.7. The monoisotopic (exact) mass is 171 g/mol. The van der Waals surface area contributed by atoms with Crippen molar-refractivity contribution in [3.8, 4) is 0 Å². The lowest BCUT2D eigenvalue weighted by molar-refractivity contribution is -0.145. The van der Waals surface area contributed by atoms with E-state index in [-0.39, 0.29) is 12.2 Å². The lowest BCUT2D eigenvalue weighted by Crippen LogP contribution is -2.30. The number of hydrogen-bond acceptors (Lipinski definition) is 3. The van der Waals surface area contributed by atoms with Crippen LogP contribution in [0.15, 0.2) is 12.7 Å². The molecule has 0 bridgehead atoms. The van der Waals surface area contributed by atoms with Crippen LogP contribution in [0.3, 0.4) is 0 Å². The van der Waals surface area contributed by atoms with Gasteiger partial charge in [0.15, 0.2) is 5.79 Å². The first-order valence-electron chi connectivity index (χ1n) is 4.25. The van der Waals surface area contributed by atoms with E-state index in [1.54, 1.807) is 0 Å². The van der Waals surface area contributed by atoms with Gasteiger partial charge in [0.05, 0.1) is 12.2 Å². The topological polar surface area (TPSA) is 44.5 Å². The molecular formula is C9H17NO2. The average Bonchev–Trinajstić information content (AvgIpc) is 2.26. The molecule has 1 aliphatic heterocycles. The predicted octanol–water partition coefficient (Wildman–Crippen LogP) is 1.04. The third-order valence-electron chi connectivity index (χ3n) is 1.92. The summed E-state index contributed by atoms with van der Waals surface area (Å²) >= 11 is 0. The summed E-state index contributed by atoms with van der Waals surface area (Å²) in [7, 11) is 0. The zero-order valence-corrected chi connectivity index (χ0v) is 7.75. The summed E-state index contributed by atoms with van der Waals surface area (Å²) in [6, 6.07) is 0. The van der Waals surface area contributed by atoms with E-state index in [1.807, 2.05) is 19.9 Å². The Balaban J connectivity index is 2.56. The fourth-order valence-corrected chi connectivity index (χ4v) is 1.47. The van der Waals surface area contributed by atoms with Crippen molar-refractivity contribution in [2.75, 3.05) is 6.54 Å². The second-order valence-corrected chi connectivity index (χ2v) is 3.47. The van der Waals surface area contributed by atoms with Gasteiger partial charge in [-0.1, -0.05) is 6.08 Å². The molecule has 2 N–H and O–H groups in total. The minimum atomic E-state index is -0.488. The van der Waals surface area contributed by atoms with Crippen molar-refractivity contribution < 1.29 is 9.47 Å². The zero-order valence-electron chi connectivity index (χ0n) is 7.75. The Morgan fingerprint density at radius 2 is 2.00 bits per heavy atom. The van der Waals surface area contributed by atoms with E-state index in [1.165, 1.54) is 0 Å². The summed E-state index contributed by atoms with van der Waals surface area (Å²) in [6.07, 6.45) is 2.71. The van der Waals surface area contributed by atoms with Gasteiger partial charge in [0, 0.05) is 6.54 Å². The first-order chi connectivity index (χ1) is 5.59. The molecule has 12 heavy (non-hydrogen) atoms. The van der Waals surface area contributed by atoms with Gasteiger partial charge in [0.1, 0.15) is 0 Å². The Morgan fingerprint density at radius 3 is 2.50 bits per heavy atom. The summed E-state index contributed by atoms with van der Waals surface area (Å²) in [6.45, 7) is 7.97. The minimum absolute atomic E-state index is 0.0120. The van der Waals surface area contributed by atoms with Gasteiger partial charge in [0.25, 0.3) is 0 Å². The molecule has 1 saturated heterocycles. The third-order valence-corrected chi connectivity index (χ3v) is 1.92. The third kappa shape index (κ3) is 2.06. The first kappa shape index (κ1) is 9.71. The Labute approximate surface area is 73.5 Å². The summed E-state index contributed by atoms with van der Waals surface area (Å²) in [5.74, 6) is -0.488. The summed E-state index contributed by atoms with van der Waals surface area (Å²) in [4.78, 5) is 0. The van der Waals surface area contributed by atoms with Gasteiger partial charge in [-0.2, -0.15) is 0 Å². The molecule has 0 spiro atoms. The van der Waals surface area contributed by atoms with E-state index in [2.05, 4.69) is 6.58 Å². The van der Waals surface area contributed by atoms with E-state index in [0.717, 1.165) is 6.42 Å². The lowest BCUT2D eigenvalue weighted by atomic mass is 10.1. The van der Waals surface area contributed by atoms with Crippen LogP contribution < -0.4 is 5.73 Å². The van der Waals surface area contributed by atoms with E-state index >= 15 is 0 Å². The zero-order chi connectivity index (χ0) is 9.19. The van der Waals surface area contributed by atoms with Crippen LogP contribution in [0.2, 0.25) is 0 Å². The van der Waals surface area contributed by atoms with Gasteiger partial charge in [-0.3, -0.25) is 0 Å². The fourth-order valence-electron chi connectivity index (χ4n) is 1.47. The fraction of sp³-hybridized carbons (Fsp3) is 0.778. The number of rotatable bonds is 3. The number of hydrogen-bond donors (Lipinski definition) is 1. The Kier molecular flexibility index (Phi) is 2.88. The summed E-state index contributed by atoms with van der Waals surface area (Å²) < 4.78 is 11.2. The Hall–Kier alpha value is -0.380. The summed E-state index contributed by atoms with van der Waals surface area (Å²) in [5, 5.41) is 0. The molecule has 3 heteroatoms. The molecular weight excluding hydrogens is 154 g/mol. The second-order valence-electron chi connectivity index (χ2n) is 3.47. The molecule has 0 radical (unpaired) electrons. The maximum atomic E-state index is 5.62. The standard InChI is InChI=1S/C9H17NO2/c1-4-5-7-8(6-10)12-9(2,3)11-7/h4,7-8H,1,5-6,10H2,2-3H3. The predicted molar refractivity (Wildman–Crippen MR) is 47.7 cm³/mol. The van der Waals surface area contributed by atoms with Crippen LogP contribution in [-0.4, -0.2) is 24.5 Å². The van der Waals surface area contributed by atoms with Crippen molar-refractivity contribution in [2.45, 2.75) is 38.3 Å². The van der Waals surface area contributed by atoms with Crippen LogP contribution >= 0.6 is 0 Å².